The summed E-state index contributed by atoms with van der Waals surface area (Å²) in [5.74, 6) is 0.00146. The zero-order valence-electron chi connectivity index (χ0n) is 9.89. The van der Waals surface area contributed by atoms with Gasteiger partial charge >= 0.3 is 0 Å². The summed E-state index contributed by atoms with van der Waals surface area (Å²) >= 11 is 0. The van der Waals surface area contributed by atoms with Crippen LogP contribution >= 0.6 is 0 Å². The predicted octanol–water partition coefficient (Wildman–Crippen LogP) is 0.406. The average molecular weight is 214 g/mol. The van der Waals surface area contributed by atoms with Crippen LogP contribution in [0.5, 0.6) is 0 Å². The highest BCUT2D eigenvalue weighted by molar-refractivity contribution is 5.78. The van der Waals surface area contributed by atoms with Crippen molar-refractivity contribution in [2.45, 2.75) is 51.1 Å². The summed E-state index contributed by atoms with van der Waals surface area (Å²) in [6.07, 6.45) is 2.84. The van der Waals surface area contributed by atoms with Crippen molar-refractivity contribution in [3.05, 3.63) is 0 Å². The van der Waals surface area contributed by atoms with Crippen LogP contribution in [0.25, 0.3) is 0 Å². The molecule has 3 N–H and O–H groups in total. The maximum atomic E-state index is 11.6. The van der Waals surface area contributed by atoms with Gasteiger partial charge in [-0.3, -0.25) is 4.79 Å². The summed E-state index contributed by atoms with van der Waals surface area (Å²) in [5.41, 5.74) is -0.303. The molecular weight excluding hydrogens is 192 g/mol. The van der Waals surface area contributed by atoms with E-state index in [2.05, 4.69) is 10.6 Å². The van der Waals surface area contributed by atoms with Gasteiger partial charge in [0.2, 0.25) is 5.91 Å². The van der Waals surface area contributed by atoms with E-state index in [4.69, 9.17) is 5.11 Å². The van der Waals surface area contributed by atoms with Crippen LogP contribution in [0, 0.1) is 0 Å². The molecule has 0 radical (unpaired) electrons. The molecule has 0 unspecified atom stereocenters. The van der Waals surface area contributed by atoms with Crippen molar-refractivity contribution in [3.8, 4) is 0 Å². The molecule has 15 heavy (non-hydrogen) atoms. The van der Waals surface area contributed by atoms with Crippen LogP contribution in [-0.4, -0.2) is 35.2 Å². The van der Waals surface area contributed by atoms with E-state index in [0.717, 1.165) is 19.3 Å². The highest BCUT2D eigenvalue weighted by atomic mass is 16.3. The molecule has 0 aliphatic heterocycles. The number of aliphatic hydroxyl groups excluding tert-OH is 1. The number of nitrogens with one attached hydrogen (secondary N) is 2. The van der Waals surface area contributed by atoms with Gasteiger partial charge in [-0.25, -0.2) is 0 Å². The van der Waals surface area contributed by atoms with Gasteiger partial charge in [0.25, 0.3) is 0 Å². The van der Waals surface area contributed by atoms with E-state index in [1.54, 1.807) is 0 Å². The van der Waals surface area contributed by atoms with Gasteiger partial charge < -0.3 is 15.7 Å². The first kappa shape index (κ1) is 12.5. The maximum absolute atomic E-state index is 11.6. The van der Waals surface area contributed by atoms with Crippen molar-refractivity contribution in [2.24, 2.45) is 0 Å². The Bertz CT molecular complexity index is 235. The van der Waals surface area contributed by atoms with Gasteiger partial charge in [0.05, 0.1) is 13.2 Å². The lowest BCUT2D eigenvalue weighted by atomic mass is 10.0. The Kier molecular flexibility index (Phi) is 3.73. The molecular formula is C11H22N2O2. The number of hydrogen-bond acceptors (Lipinski definition) is 3. The van der Waals surface area contributed by atoms with E-state index in [1.807, 2.05) is 20.8 Å². The Morgan fingerprint density at radius 2 is 2.07 bits per heavy atom. The molecule has 1 saturated carbocycles. The molecule has 1 fully saturated rings. The first-order chi connectivity index (χ1) is 6.93. The van der Waals surface area contributed by atoms with E-state index in [-0.39, 0.29) is 23.6 Å². The number of hydrogen-bond donors (Lipinski definition) is 3. The molecule has 4 nitrogen and oxygen atoms in total. The molecule has 1 aliphatic carbocycles. The topological polar surface area (TPSA) is 61.4 Å². The van der Waals surface area contributed by atoms with Gasteiger partial charge in [-0.05, 0) is 33.1 Å². The Labute approximate surface area is 91.4 Å². The molecule has 0 aromatic heterocycles. The number of carbonyl (C=O) groups excluding carboxylic acids is 1. The van der Waals surface area contributed by atoms with E-state index in [9.17, 15) is 4.79 Å². The first-order valence-corrected chi connectivity index (χ1v) is 5.60. The minimum absolute atomic E-state index is 0.00146. The van der Waals surface area contributed by atoms with Gasteiger partial charge in [-0.15, -0.1) is 0 Å². The van der Waals surface area contributed by atoms with Crippen molar-refractivity contribution in [2.75, 3.05) is 13.2 Å². The molecule has 1 rings (SSSR count). The largest absolute Gasteiger partial charge is 0.394 e. The summed E-state index contributed by atoms with van der Waals surface area (Å²) < 4.78 is 0. The molecule has 4 heteroatoms. The minimum atomic E-state index is -0.159. The lowest BCUT2D eigenvalue weighted by Gasteiger charge is -2.25. The lowest BCUT2D eigenvalue weighted by Crippen LogP contribution is -2.49. The summed E-state index contributed by atoms with van der Waals surface area (Å²) in [6, 6.07) is 0. The summed E-state index contributed by atoms with van der Waals surface area (Å²) in [6.45, 7) is 6.47. The van der Waals surface area contributed by atoms with Gasteiger partial charge in [-0.2, -0.15) is 0 Å². The van der Waals surface area contributed by atoms with Gasteiger partial charge in [0.15, 0.2) is 0 Å². The fourth-order valence-corrected chi connectivity index (χ4v) is 1.32. The SMILES string of the molecule is CCC(C)(C)NC(=O)CNC1(CO)CC1. The molecule has 0 aromatic rings. The molecule has 0 aromatic carbocycles. The van der Waals surface area contributed by atoms with Crippen LogP contribution in [0.1, 0.15) is 40.0 Å². The van der Waals surface area contributed by atoms with Gasteiger partial charge in [-0.1, -0.05) is 6.92 Å². The lowest BCUT2D eigenvalue weighted by molar-refractivity contribution is -0.122. The zero-order valence-corrected chi connectivity index (χ0v) is 9.89. The van der Waals surface area contributed by atoms with E-state index in [1.165, 1.54) is 0 Å². The fourth-order valence-electron chi connectivity index (χ4n) is 1.32. The highest BCUT2D eigenvalue weighted by Crippen LogP contribution is 2.34. The van der Waals surface area contributed by atoms with E-state index < -0.39 is 0 Å². The Hall–Kier alpha value is -0.610. The van der Waals surface area contributed by atoms with Gasteiger partial charge in [0, 0.05) is 11.1 Å². The van der Waals surface area contributed by atoms with Crippen LogP contribution in [0.15, 0.2) is 0 Å². The second-order valence-electron chi connectivity index (χ2n) is 5.08. The van der Waals surface area contributed by atoms with Crippen molar-refractivity contribution in [1.82, 2.24) is 10.6 Å². The third-order valence-corrected chi connectivity index (χ3v) is 3.14. The third kappa shape index (κ3) is 3.80. The van der Waals surface area contributed by atoms with Crippen LogP contribution < -0.4 is 10.6 Å². The zero-order chi connectivity index (χ0) is 11.5. The standard InChI is InChI=1S/C11H22N2O2/c1-4-10(2,3)13-9(15)7-12-11(8-14)5-6-11/h12,14H,4-8H2,1-3H3,(H,13,15). The van der Waals surface area contributed by atoms with Crippen molar-refractivity contribution in [1.29, 1.82) is 0 Å². The summed E-state index contributed by atoms with van der Waals surface area (Å²) in [7, 11) is 0. The second kappa shape index (κ2) is 4.49. The fraction of sp³-hybridized carbons (Fsp3) is 0.909. The number of rotatable bonds is 6. The molecule has 88 valence electrons. The summed E-state index contributed by atoms with van der Waals surface area (Å²) in [5, 5.41) is 15.1. The molecule has 1 aliphatic rings. The second-order valence-corrected chi connectivity index (χ2v) is 5.08. The highest BCUT2D eigenvalue weighted by Gasteiger charge is 2.41. The molecule has 0 bridgehead atoms. The quantitative estimate of drug-likeness (QED) is 0.600. The molecule has 1 amide bonds. The Morgan fingerprint density at radius 1 is 1.47 bits per heavy atom. The van der Waals surface area contributed by atoms with Crippen LogP contribution in [-0.2, 0) is 4.79 Å². The van der Waals surface area contributed by atoms with Crippen LogP contribution in [0.2, 0.25) is 0 Å². The summed E-state index contributed by atoms with van der Waals surface area (Å²) in [4.78, 5) is 11.6. The van der Waals surface area contributed by atoms with Gasteiger partial charge in [0.1, 0.15) is 0 Å². The predicted molar refractivity (Wildman–Crippen MR) is 59.6 cm³/mol. The van der Waals surface area contributed by atoms with Crippen LogP contribution in [0.4, 0.5) is 0 Å². The Balaban J connectivity index is 2.25. The molecule has 0 heterocycles. The monoisotopic (exact) mass is 214 g/mol. The minimum Gasteiger partial charge on any atom is -0.394 e. The normalized spacial score (nSPS) is 18.7. The smallest absolute Gasteiger partial charge is 0.234 e. The molecule has 0 saturated heterocycles. The van der Waals surface area contributed by atoms with Crippen molar-refractivity contribution < 1.29 is 9.90 Å². The molecule has 0 spiro atoms. The third-order valence-electron chi connectivity index (χ3n) is 3.14. The maximum Gasteiger partial charge on any atom is 0.234 e. The van der Waals surface area contributed by atoms with E-state index >= 15 is 0 Å². The number of amides is 1. The average Bonchev–Trinajstić information content (AvgIpc) is 2.95. The number of aliphatic hydroxyl groups is 1. The van der Waals surface area contributed by atoms with Crippen molar-refractivity contribution in [3.63, 3.8) is 0 Å². The van der Waals surface area contributed by atoms with Crippen molar-refractivity contribution >= 4 is 5.91 Å². The van der Waals surface area contributed by atoms with E-state index in [0.29, 0.717) is 6.54 Å². The first-order valence-electron chi connectivity index (χ1n) is 5.60. The van der Waals surface area contributed by atoms with Crippen LogP contribution in [0.3, 0.4) is 0 Å². The molecule has 0 atom stereocenters. The number of carbonyl (C=O) groups is 1. The Morgan fingerprint density at radius 3 is 2.47 bits per heavy atom.